The summed E-state index contributed by atoms with van der Waals surface area (Å²) in [4.78, 5) is 1.93. The van der Waals surface area contributed by atoms with Crippen LogP contribution in [-0.4, -0.2) is 22.0 Å². The average Bonchev–Trinajstić information content (AvgIpc) is 2.69. The number of benzene rings is 1. The van der Waals surface area contributed by atoms with Crippen LogP contribution in [0.25, 0.3) is 0 Å². The summed E-state index contributed by atoms with van der Waals surface area (Å²) in [5.41, 5.74) is 3.41. The molecule has 1 aromatic carbocycles. The predicted molar refractivity (Wildman–Crippen MR) is 77.7 cm³/mol. The van der Waals surface area contributed by atoms with Crippen LogP contribution >= 0.6 is 11.8 Å². The first-order valence-electron chi connectivity index (χ1n) is 6.04. The van der Waals surface area contributed by atoms with Gasteiger partial charge in [-0.15, -0.1) is 0 Å². The van der Waals surface area contributed by atoms with Crippen molar-refractivity contribution >= 4 is 32.9 Å². The number of nitrogens with zero attached hydrogens (tertiary/aromatic N) is 1. The number of thioether (sulfide) groups is 1. The van der Waals surface area contributed by atoms with Gasteiger partial charge in [0.05, 0.1) is 0 Å². The van der Waals surface area contributed by atoms with E-state index in [1.807, 2.05) is 4.90 Å². The van der Waals surface area contributed by atoms with Crippen LogP contribution in [0.15, 0.2) is 18.2 Å². The first-order valence-corrected chi connectivity index (χ1v) is 7.55. The van der Waals surface area contributed by atoms with E-state index in [0.29, 0.717) is 5.17 Å². The van der Waals surface area contributed by atoms with Crippen LogP contribution in [0.3, 0.4) is 0 Å². The first-order chi connectivity index (χ1) is 8.67. The molecule has 1 aromatic rings. The standard InChI is InChI=1S/C13H17N3S.Co/c1-3-10-5-6-11(15-4-2)9-12(10)16-7-8-17-13(16)14;/h5-6,9,14-15H,3-4,8H2,1-2H3;. The van der Waals surface area contributed by atoms with E-state index in [4.69, 9.17) is 5.41 Å². The summed E-state index contributed by atoms with van der Waals surface area (Å²) in [7, 11) is 0. The van der Waals surface area contributed by atoms with Crippen molar-refractivity contribution in [2.24, 2.45) is 0 Å². The van der Waals surface area contributed by atoms with Gasteiger partial charge in [0, 0.05) is 0 Å². The van der Waals surface area contributed by atoms with Crippen molar-refractivity contribution in [1.29, 1.82) is 5.41 Å². The van der Waals surface area contributed by atoms with Crippen molar-refractivity contribution in [3.63, 3.8) is 0 Å². The molecule has 2 rings (SSSR count). The molecule has 1 saturated heterocycles. The fourth-order valence-electron chi connectivity index (χ4n) is 1.98. The molecule has 0 bridgehead atoms. The molecule has 1 aliphatic heterocycles. The summed E-state index contributed by atoms with van der Waals surface area (Å²) in [6.07, 6.45) is 0.955. The number of hydrogen-bond acceptors (Lipinski definition) is 3. The van der Waals surface area contributed by atoms with Gasteiger partial charge in [-0.3, -0.25) is 0 Å². The maximum atomic E-state index is 8.02. The summed E-state index contributed by atoms with van der Waals surface area (Å²) in [6, 6.07) is 6.33. The molecule has 3 nitrogen and oxygen atoms in total. The third-order valence-electron chi connectivity index (χ3n) is 2.85. The van der Waals surface area contributed by atoms with Crippen LogP contribution in [-0.2, 0) is 21.7 Å². The molecule has 0 saturated carbocycles. The van der Waals surface area contributed by atoms with Crippen LogP contribution < -0.4 is 10.2 Å². The van der Waals surface area contributed by atoms with Gasteiger partial charge in [-0.05, 0) is 0 Å². The van der Waals surface area contributed by atoms with Crippen molar-refractivity contribution in [3.05, 3.63) is 23.8 Å². The molecule has 2 N–H and O–H groups in total. The minimum atomic E-state index is 0.557. The van der Waals surface area contributed by atoms with E-state index < -0.39 is 0 Å². The maximum absolute atomic E-state index is 8.02. The number of rotatable bonds is 4. The second-order valence-corrected chi connectivity index (χ2v) is 5.57. The predicted octanol–water partition coefficient (Wildman–Crippen LogP) is 2.85. The Hall–Kier alpha value is -0.784. The molecule has 99 valence electrons. The quantitative estimate of drug-likeness (QED) is 0.898. The van der Waals surface area contributed by atoms with Crippen molar-refractivity contribution in [2.45, 2.75) is 20.3 Å². The molecule has 0 spiro atoms. The summed E-state index contributed by atoms with van der Waals surface area (Å²) in [5.74, 6) is 0.785. The molecule has 0 unspecified atom stereocenters. The molecule has 0 aliphatic carbocycles. The van der Waals surface area contributed by atoms with E-state index in [-0.39, 0.29) is 0 Å². The van der Waals surface area contributed by atoms with Gasteiger partial charge in [0.2, 0.25) is 0 Å². The van der Waals surface area contributed by atoms with Crippen LogP contribution in [0.4, 0.5) is 11.4 Å². The Kier molecular flexibility index (Phi) is 4.48. The molecule has 0 aromatic heterocycles. The Labute approximate surface area is 120 Å². The number of aryl methyl sites for hydroxylation is 1. The van der Waals surface area contributed by atoms with Gasteiger partial charge in [0.1, 0.15) is 0 Å². The molecule has 0 amide bonds. The Morgan fingerprint density at radius 3 is 2.78 bits per heavy atom. The molecular weight excluding hydrogens is 289 g/mol. The van der Waals surface area contributed by atoms with Gasteiger partial charge in [-0.1, -0.05) is 0 Å². The van der Waals surface area contributed by atoms with Gasteiger partial charge in [0.25, 0.3) is 0 Å². The normalized spacial score (nSPS) is 15.4. The average molecular weight is 306 g/mol. The van der Waals surface area contributed by atoms with Crippen molar-refractivity contribution < 1.29 is 15.3 Å². The Bertz CT molecular complexity index is 471. The van der Waals surface area contributed by atoms with Crippen molar-refractivity contribution in [3.8, 4) is 0 Å². The summed E-state index contributed by atoms with van der Waals surface area (Å²) in [6.45, 7) is 5.11. The minimum absolute atomic E-state index is 0.557. The number of nitrogens with one attached hydrogen (secondary N) is 2. The molecule has 0 radical (unpaired) electrons. The number of amidine groups is 1. The summed E-state index contributed by atoms with van der Waals surface area (Å²) in [5, 5.41) is 11.9. The fourth-order valence-corrected chi connectivity index (χ4v) is 3.23. The van der Waals surface area contributed by atoms with Crippen LogP contribution in [0.5, 0.6) is 0 Å². The zero-order valence-corrected chi connectivity index (χ0v) is 12.4. The Morgan fingerprint density at radius 2 is 2.22 bits per heavy atom. The first kappa shape index (κ1) is 13.6. The fraction of sp³-hybridized carbons (Fsp3) is 0.385. The molecule has 1 heterocycles. The van der Waals surface area contributed by atoms with Gasteiger partial charge in [-0.2, -0.15) is 0 Å². The molecule has 1 aliphatic rings. The van der Waals surface area contributed by atoms with Crippen LogP contribution in [0.2, 0.25) is 0 Å². The SMILES string of the molecule is CCNc1ccc(CC)c(N2C(=N)SC[C]2=[Co])c1. The third kappa shape index (κ3) is 2.63. The monoisotopic (exact) mass is 306 g/mol. The van der Waals surface area contributed by atoms with E-state index in [1.54, 1.807) is 0 Å². The zero-order chi connectivity index (χ0) is 13.1. The second-order valence-electron chi connectivity index (χ2n) is 4.01. The van der Waals surface area contributed by atoms with Crippen LogP contribution in [0, 0.1) is 5.41 Å². The topological polar surface area (TPSA) is 39.1 Å². The van der Waals surface area contributed by atoms with Gasteiger partial charge in [0.15, 0.2) is 0 Å². The van der Waals surface area contributed by atoms with Crippen molar-refractivity contribution in [2.75, 3.05) is 22.5 Å². The van der Waals surface area contributed by atoms with Gasteiger partial charge in [-0.25, -0.2) is 0 Å². The zero-order valence-electron chi connectivity index (χ0n) is 10.5. The second kappa shape index (κ2) is 5.90. The van der Waals surface area contributed by atoms with E-state index in [1.165, 1.54) is 17.3 Å². The van der Waals surface area contributed by atoms with E-state index in [2.05, 4.69) is 52.7 Å². The van der Waals surface area contributed by atoms with E-state index in [9.17, 15) is 0 Å². The molecule has 18 heavy (non-hydrogen) atoms. The summed E-state index contributed by atoms with van der Waals surface area (Å²) < 4.78 is 0.931. The number of anilines is 2. The molecule has 1 fully saturated rings. The third-order valence-corrected chi connectivity index (χ3v) is 4.35. The molecule has 5 heteroatoms. The Balaban J connectivity index is 2.43. The number of hydrogen-bond donors (Lipinski definition) is 2. The summed E-state index contributed by atoms with van der Waals surface area (Å²) >= 11 is 6.07. The van der Waals surface area contributed by atoms with E-state index in [0.717, 1.165) is 34.7 Å². The Morgan fingerprint density at radius 1 is 1.44 bits per heavy atom. The van der Waals surface area contributed by atoms with Gasteiger partial charge < -0.3 is 0 Å². The van der Waals surface area contributed by atoms with Crippen molar-refractivity contribution in [1.82, 2.24) is 0 Å². The van der Waals surface area contributed by atoms with Crippen LogP contribution in [0.1, 0.15) is 19.4 Å². The molecule has 0 atom stereocenters. The molecular formula is C13H17CoN3S. The van der Waals surface area contributed by atoms with Gasteiger partial charge >= 0.3 is 120 Å². The van der Waals surface area contributed by atoms with E-state index >= 15 is 0 Å².